The number of rotatable bonds is 5. The van der Waals surface area contributed by atoms with E-state index in [9.17, 15) is 4.79 Å². The molecule has 0 fully saturated rings. The Morgan fingerprint density at radius 1 is 1.38 bits per heavy atom. The summed E-state index contributed by atoms with van der Waals surface area (Å²) in [5, 5.41) is 5.78. The number of ether oxygens (including phenoxy) is 1. The Hall–Kier alpha value is -1.75. The van der Waals surface area contributed by atoms with Crippen LogP contribution in [0.25, 0.3) is 0 Å². The topological polar surface area (TPSA) is 53.6 Å². The van der Waals surface area contributed by atoms with Crippen molar-refractivity contribution in [2.24, 2.45) is 0 Å². The first-order valence-electron chi connectivity index (χ1n) is 7.43. The molecule has 1 atom stereocenters. The van der Waals surface area contributed by atoms with Crippen LogP contribution < -0.4 is 15.4 Å². The Labute approximate surface area is 126 Å². The van der Waals surface area contributed by atoms with E-state index in [1.807, 2.05) is 34.0 Å². The van der Waals surface area contributed by atoms with E-state index in [2.05, 4.69) is 27.7 Å². The minimum absolute atomic E-state index is 0.124. The Balaban J connectivity index is 2.03. The van der Waals surface area contributed by atoms with Crippen molar-refractivity contribution in [2.75, 3.05) is 27.2 Å². The van der Waals surface area contributed by atoms with Crippen molar-refractivity contribution < 1.29 is 9.53 Å². The molecule has 0 aromatic heterocycles. The van der Waals surface area contributed by atoms with Crippen molar-refractivity contribution in [2.45, 2.75) is 32.4 Å². The van der Waals surface area contributed by atoms with E-state index < -0.39 is 0 Å². The first kappa shape index (κ1) is 15.6. The number of nitrogens with zero attached hydrogens (tertiary/aromatic N) is 1. The summed E-state index contributed by atoms with van der Waals surface area (Å²) >= 11 is 0. The molecule has 0 spiro atoms. The Morgan fingerprint density at radius 2 is 2.14 bits per heavy atom. The maximum absolute atomic E-state index is 11.7. The van der Waals surface area contributed by atoms with Gasteiger partial charge in [-0.25, -0.2) is 4.79 Å². The van der Waals surface area contributed by atoms with Gasteiger partial charge in [0.15, 0.2) is 0 Å². The summed E-state index contributed by atoms with van der Waals surface area (Å²) in [6.45, 7) is 5.23. The second-order valence-electron chi connectivity index (χ2n) is 5.95. The Bertz CT molecular complexity index is 500. The lowest BCUT2D eigenvalue weighted by Crippen LogP contribution is -2.43. The van der Waals surface area contributed by atoms with Gasteiger partial charge in [0.1, 0.15) is 5.75 Å². The van der Waals surface area contributed by atoms with Gasteiger partial charge in [0.05, 0.1) is 12.6 Å². The van der Waals surface area contributed by atoms with Crippen LogP contribution in [0.2, 0.25) is 0 Å². The van der Waals surface area contributed by atoms with Crippen LogP contribution in [0.15, 0.2) is 18.2 Å². The molecule has 1 heterocycles. The average molecular weight is 291 g/mol. The third-order valence-electron chi connectivity index (χ3n) is 3.60. The van der Waals surface area contributed by atoms with Crippen molar-refractivity contribution in [3.05, 3.63) is 29.3 Å². The largest absolute Gasteiger partial charge is 0.493 e. The molecule has 1 aliphatic rings. The van der Waals surface area contributed by atoms with E-state index in [0.717, 1.165) is 18.8 Å². The van der Waals surface area contributed by atoms with Gasteiger partial charge >= 0.3 is 6.03 Å². The van der Waals surface area contributed by atoms with Crippen molar-refractivity contribution in [3.63, 3.8) is 0 Å². The molecule has 21 heavy (non-hydrogen) atoms. The van der Waals surface area contributed by atoms with Crippen LogP contribution in [0.3, 0.4) is 0 Å². The maximum atomic E-state index is 11.7. The zero-order valence-electron chi connectivity index (χ0n) is 13.3. The molecule has 2 N–H and O–H groups in total. The fraction of sp³-hybridized carbons (Fsp3) is 0.562. The summed E-state index contributed by atoms with van der Waals surface area (Å²) in [7, 11) is 4.05. The summed E-state index contributed by atoms with van der Waals surface area (Å²) in [6, 6.07) is 6.46. The van der Waals surface area contributed by atoms with Gasteiger partial charge in [-0.05, 0) is 45.1 Å². The van der Waals surface area contributed by atoms with Crippen LogP contribution in [-0.2, 0) is 6.42 Å². The monoisotopic (exact) mass is 291 g/mol. The standard InChI is InChI=1S/C16H25N3O2/c1-11(2)18-16(20)17-10-14(19(3)4)12-5-6-15-13(9-12)7-8-21-15/h5-6,9,11,14H,7-8,10H2,1-4H3,(H2,17,18,20). The lowest BCUT2D eigenvalue weighted by Gasteiger charge is -2.25. The Morgan fingerprint density at radius 3 is 2.81 bits per heavy atom. The van der Waals surface area contributed by atoms with Gasteiger partial charge < -0.3 is 20.3 Å². The Kier molecular flexibility index (Phi) is 5.07. The number of likely N-dealkylation sites (N-methyl/N-ethyl adjacent to an activating group) is 1. The number of amides is 2. The lowest BCUT2D eigenvalue weighted by molar-refractivity contribution is 0.230. The third-order valence-corrected chi connectivity index (χ3v) is 3.60. The molecule has 116 valence electrons. The summed E-state index contributed by atoms with van der Waals surface area (Å²) in [5.41, 5.74) is 2.46. The number of nitrogens with one attached hydrogen (secondary N) is 2. The normalized spacial score (nSPS) is 14.8. The molecule has 1 aromatic carbocycles. The van der Waals surface area contributed by atoms with Gasteiger partial charge in [-0.1, -0.05) is 12.1 Å². The van der Waals surface area contributed by atoms with Crippen LogP contribution in [0.1, 0.15) is 31.0 Å². The van der Waals surface area contributed by atoms with Crippen molar-refractivity contribution in [3.8, 4) is 5.75 Å². The predicted molar refractivity (Wildman–Crippen MR) is 83.7 cm³/mol. The van der Waals surface area contributed by atoms with Crippen LogP contribution in [0.4, 0.5) is 4.79 Å². The third kappa shape index (κ3) is 4.11. The summed E-state index contributed by atoms with van der Waals surface area (Å²) in [6.07, 6.45) is 0.963. The molecule has 0 bridgehead atoms. The van der Waals surface area contributed by atoms with E-state index in [1.165, 1.54) is 11.1 Å². The van der Waals surface area contributed by atoms with Crippen molar-refractivity contribution >= 4 is 6.03 Å². The molecule has 2 rings (SSSR count). The fourth-order valence-electron chi connectivity index (χ4n) is 2.51. The molecule has 1 aliphatic heterocycles. The average Bonchev–Trinajstić information content (AvgIpc) is 2.85. The van der Waals surface area contributed by atoms with E-state index in [4.69, 9.17) is 4.74 Å². The highest BCUT2D eigenvalue weighted by molar-refractivity contribution is 5.74. The second kappa shape index (κ2) is 6.80. The number of benzene rings is 1. The van der Waals surface area contributed by atoms with Crippen molar-refractivity contribution in [1.29, 1.82) is 0 Å². The zero-order chi connectivity index (χ0) is 15.4. The number of fused-ring (bicyclic) bond motifs is 1. The van der Waals surface area contributed by atoms with Crippen LogP contribution in [0, 0.1) is 0 Å². The number of carbonyl (C=O) groups excluding carboxylic acids is 1. The van der Waals surface area contributed by atoms with E-state index >= 15 is 0 Å². The first-order chi connectivity index (χ1) is 9.97. The number of hydrogen-bond acceptors (Lipinski definition) is 3. The first-order valence-corrected chi connectivity index (χ1v) is 7.43. The van der Waals surface area contributed by atoms with Gasteiger partial charge in [0.2, 0.25) is 0 Å². The molecule has 0 saturated heterocycles. The van der Waals surface area contributed by atoms with E-state index in [-0.39, 0.29) is 18.1 Å². The van der Waals surface area contributed by atoms with E-state index in [0.29, 0.717) is 6.54 Å². The lowest BCUT2D eigenvalue weighted by atomic mass is 10.0. The summed E-state index contributed by atoms with van der Waals surface area (Å²) < 4.78 is 5.54. The molecular formula is C16H25N3O2. The van der Waals surface area contributed by atoms with E-state index in [1.54, 1.807) is 0 Å². The second-order valence-corrected chi connectivity index (χ2v) is 5.95. The summed E-state index contributed by atoms with van der Waals surface area (Å²) in [4.78, 5) is 13.9. The number of urea groups is 1. The smallest absolute Gasteiger partial charge is 0.315 e. The summed E-state index contributed by atoms with van der Waals surface area (Å²) in [5.74, 6) is 0.988. The highest BCUT2D eigenvalue weighted by Crippen LogP contribution is 2.29. The van der Waals surface area contributed by atoms with Gasteiger partial charge in [-0.2, -0.15) is 0 Å². The fourth-order valence-corrected chi connectivity index (χ4v) is 2.51. The van der Waals surface area contributed by atoms with Gasteiger partial charge in [0.25, 0.3) is 0 Å². The quantitative estimate of drug-likeness (QED) is 0.871. The van der Waals surface area contributed by atoms with Gasteiger partial charge in [-0.3, -0.25) is 0 Å². The highest BCUT2D eigenvalue weighted by Gasteiger charge is 2.19. The highest BCUT2D eigenvalue weighted by atomic mass is 16.5. The van der Waals surface area contributed by atoms with Crippen LogP contribution in [-0.4, -0.2) is 44.2 Å². The van der Waals surface area contributed by atoms with Gasteiger partial charge in [-0.15, -0.1) is 0 Å². The molecule has 0 radical (unpaired) electrons. The van der Waals surface area contributed by atoms with Crippen LogP contribution in [0.5, 0.6) is 5.75 Å². The van der Waals surface area contributed by atoms with Crippen molar-refractivity contribution in [1.82, 2.24) is 15.5 Å². The zero-order valence-corrected chi connectivity index (χ0v) is 13.3. The SMILES string of the molecule is CC(C)NC(=O)NCC(c1ccc2c(c1)CCO2)N(C)C. The predicted octanol–water partition coefficient (Wildman–Crippen LogP) is 1.93. The minimum Gasteiger partial charge on any atom is -0.493 e. The molecule has 5 heteroatoms. The van der Waals surface area contributed by atoms with Crippen LogP contribution >= 0.6 is 0 Å². The molecular weight excluding hydrogens is 266 g/mol. The molecule has 0 aliphatic carbocycles. The molecule has 1 aromatic rings. The molecule has 1 unspecified atom stereocenters. The number of hydrogen-bond donors (Lipinski definition) is 2. The molecule has 2 amide bonds. The maximum Gasteiger partial charge on any atom is 0.315 e. The minimum atomic E-state index is -0.124. The molecule has 5 nitrogen and oxygen atoms in total. The molecule has 0 saturated carbocycles. The van der Waals surface area contributed by atoms with Gasteiger partial charge in [0, 0.05) is 19.0 Å². The number of carbonyl (C=O) groups is 1.